The summed E-state index contributed by atoms with van der Waals surface area (Å²) in [7, 11) is -3.05. The number of sulfone groups is 1. The molecule has 0 aliphatic rings. The lowest BCUT2D eigenvalue weighted by atomic mass is 10.2. The Morgan fingerprint density at radius 2 is 2.11 bits per heavy atom. The second-order valence-electron chi connectivity index (χ2n) is 5.93. The van der Waals surface area contributed by atoms with Gasteiger partial charge in [-0.05, 0) is 32.4 Å². The van der Waals surface area contributed by atoms with E-state index in [1.807, 2.05) is 13.8 Å². The number of aliphatic imine (C=N–C) groups is 1. The molecule has 2 N–H and O–H groups in total. The first-order valence-electron chi connectivity index (χ1n) is 8.40. The summed E-state index contributed by atoms with van der Waals surface area (Å²) >= 11 is 0. The number of ether oxygens (including phenoxy) is 1. The minimum Gasteiger partial charge on any atom is -0.475 e. The Hall–Kier alpha value is -2.04. The molecule has 0 amide bonds. The summed E-state index contributed by atoms with van der Waals surface area (Å²) in [5.74, 6) is -0.0114. The lowest BCUT2D eigenvalue weighted by Crippen LogP contribution is -2.43. The molecule has 11 heteroatoms. The van der Waals surface area contributed by atoms with Gasteiger partial charge in [0, 0.05) is 25.0 Å². The van der Waals surface area contributed by atoms with Crippen LogP contribution in [0.25, 0.3) is 0 Å². The monoisotopic (exact) mass is 410 g/mol. The lowest BCUT2D eigenvalue weighted by molar-refractivity contribution is -0.139. The van der Waals surface area contributed by atoms with Crippen LogP contribution in [0.3, 0.4) is 0 Å². The lowest BCUT2D eigenvalue weighted by Gasteiger charge is -2.17. The largest absolute Gasteiger partial charge is 0.475 e. The highest BCUT2D eigenvalue weighted by Gasteiger charge is 2.34. The Labute approximate surface area is 157 Å². The van der Waals surface area contributed by atoms with Gasteiger partial charge in [-0.25, -0.2) is 18.4 Å². The highest BCUT2D eigenvalue weighted by molar-refractivity contribution is 7.90. The van der Waals surface area contributed by atoms with Gasteiger partial charge in [0.2, 0.25) is 5.88 Å². The predicted molar refractivity (Wildman–Crippen MR) is 97.6 cm³/mol. The standard InChI is InChI=1S/C16H25F3N4O3S/c1-4-20-15(23-12(2)7-11-27(3,24)25)22-9-10-26-14-13(16(17,18)19)6-5-8-21-14/h5-6,8,12H,4,7,9-11H2,1-3H3,(H2,20,22,23). The number of hydrogen-bond acceptors (Lipinski definition) is 5. The molecule has 154 valence electrons. The Morgan fingerprint density at radius 3 is 2.70 bits per heavy atom. The summed E-state index contributed by atoms with van der Waals surface area (Å²) < 4.78 is 66.2. The van der Waals surface area contributed by atoms with Crippen molar-refractivity contribution in [3.05, 3.63) is 23.9 Å². The van der Waals surface area contributed by atoms with Gasteiger partial charge in [0.25, 0.3) is 0 Å². The van der Waals surface area contributed by atoms with E-state index in [0.29, 0.717) is 18.9 Å². The summed E-state index contributed by atoms with van der Waals surface area (Å²) in [5, 5.41) is 6.03. The van der Waals surface area contributed by atoms with Gasteiger partial charge in [0.1, 0.15) is 22.0 Å². The van der Waals surface area contributed by atoms with Crippen LogP contribution < -0.4 is 15.4 Å². The van der Waals surface area contributed by atoms with Gasteiger partial charge >= 0.3 is 6.18 Å². The van der Waals surface area contributed by atoms with Crippen LogP contribution in [0.4, 0.5) is 13.2 Å². The molecule has 0 aliphatic carbocycles. The number of halogens is 3. The first-order valence-corrected chi connectivity index (χ1v) is 10.5. The van der Waals surface area contributed by atoms with E-state index in [1.165, 1.54) is 18.5 Å². The third kappa shape index (κ3) is 9.45. The van der Waals surface area contributed by atoms with Crippen LogP contribution >= 0.6 is 0 Å². The first kappa shape index (κ1) is 23.0. The second-order valence-corrected chi connectivity index (χ2v) is 8.19. The third-order valence-corrected chi connectivity index (χ3v) is 4.30. The zero-order valence-corrected chi connectivity index (χ0v) is 16.3. The number of rotatable bonds is 9. The molecule has 0 saturated heterocycles. The topological polar surface area (TPSA) is 92.7 Å². The van der Waals surface area contributed by atoms with Gasteiger partial charge in [-0.15, -0.1) is 0 Å². The molecule has 0 saturated carbocycles. The summed E-state index contributed by atoms with van der Waals surface area (Å²) in [4.78, 5) is 7.83. The highest BCUT2D eigenvalue weighted by Crippen LogP contribution is 2.34. The Morgan fingerprint density at radius 1 is 1.41 bits per heavy atom. The quantitative estimate of drug-likeness (QED) is 0.367. The van der Waals surface area contributed by atoms with E-state index >= 15 is 0 Å². The van der Waals surface area contributed by atoms with Crippen LogP contribution in [0.15, 0.2) is 23.3 Å². The van der Waals surface area contributed by atoms with E-state index in [0.717, 1.165) is 6.07 Å². The molecule has 1 atom stereocenters. The van der Waals surface area contributed by atoms with Crippen molar-refractivity contribution in [2.24, 2.45) is 4.99 Å². The minimum absolute atomic E-state index is 0.0452. The molecule has 0 bridgehead atoms. The van der Waals surface area contributed by atoms with Crippen molar-refractivity contribution >= 4 is 15.8 Å². The zero-order valence-electron chi connectivity index (χ0n) is 15.5. The Balaban J connectivity index is 2.60. The molecular weight excluding hydrogens is 385 g/mol. The number of alkyl halides is 3. The number of nitrogens with zero attached hydrogens (tertiary/aromatic N) is 2. The van der Waals surface area contributed by atoms with E-state index < -0.39 is 27.5 Å². The molecule has 1 unspecified atom stereocenters. The van der Waals surface area contributed by atoms with Crippen molar-refractivity contribution in [2.45, 2.75) is 32.5 Å². The highest BCUT2D eigenvalue weighted by atomic mass is 32.2. The summed E-state index contributed by atoms with van der Waals surface area (Å²) in [5.41, 5.74) is -0.937. The van der Waals surface area contributed by atoms with Crippen molar-refractivity contribution in [3.63, 3.8) is 0 Å². The normalized spacial score (nSPS) is 13.9. The van der Waals surface area contributed by atoms with Crippen molar-refractivity contribution < 1.29 is 26.3 Å². The van der Waals surface area contributed by atoms with Gasteiger partial charge in [0.05, 0.1) is 12.3 Å². The fraction of sp³-hybridized carbons (Fsp3) is 0.625. The predicted octanol–water partition coefficient (Wildman–Crippen LogP) is 1.86. The van der Waals surface area contributed by atoms with Crippen molar-refractivity contribution in [2.75, 3.05) is 31.7 Å². The van der Waals surface area contributed by atoms with E-state index in [2.05, 4.69) is 20.6 Å². The van der Waals surface area contributed by atoms with Gasteiger partial charge in [-0.3, -0.25) is 0 Å². The van der Waals surface area contributed by atoms with Crippen molar-refractivity contribution in [3.8, 4) is 5.88 Å². The molecular formula is C16H25F3N4O3S. The molecule has 0 radical (unpaired) electrons. The summed E-state index contributed by atoms with van der Waals surface area (Å²) in [6, 6.07) is 1.95. The number of hydrogen-bond donors (Lipinski definition) is 2. The summed E-state index contributed by atoms with van der Waals surface area (Å²) in [6.07, 6.45) is -1.74. The third-order valence-electron chi connectivity index (χ3n) is 3.33. The van der Waals surface area contributed by atoms with Gasteiger partial charge < -0.3 is 15.4 Å². The minimum atomic E-state index is -4.54. The SMILES string of the molecule is CCNC(=NCCOc1ncccc1C(F)(F)F)NC(C)CCS(C)(=O)=O. The van der Waals surface area contributed by atoms with Crippen LogP contribution in [-0.4, -0.2) is 57.1 Å². The van der Waals surface area contributed by atoms with E-state index in [-0.39, 0.29) is 24.9 Å². The van der Waals surface area contributed by atoms with Crippen LogP contribution in [0, 0.1) is 0 Å². The maximum atomic E-state index is 12.9. The Bertz CT molecular complexity index is 724. The average molecular weight is 410 g/mol. The molecule has 0 aliphatic heterocycles. The molecule has 27 heavy (non-hydrogen) atoms. The number of nitrogens with one attached hydrogen (secondary N) is 2. The van der Waals surface area contributed by atoms with E-state index in [9.17, 15) is 21.6 Å². The average Bonchev–Trinajstić information content (AvgIpc) is 2.56. The molecule has 0 fully saturated rings. The van der Waals surface area contributed by atoms with Gasteiger partial charge in [-0.1, -0.05) is 0 Å². The fourth-order valence-corrected chi connectivity index (χ4v) is 2.82. The number of aromatic nitrogens is 1. The molecule has 0 spiro atoms. The smallest absolute Gasteiger partial charge is 0.421 e. The number of pyridine rings is 1. The maximum Gasteiger partial charge on any atom is 0.421 e. The van der Waals surface area contributed by atoms with E-state index in [4.69, 9.17) is 4.74 Å². The fourth-order valence-electron chi connectivity index (χ4n) is 2.04. The van der Waals surface area contributed by atoms with Crippen LogP contribution in [0.1, 0.15) is 25.8 Å². The van der Waals surface area contributed by atoms with Crippen molar-refractivity contribution in [1.82, 2.24) is 15.6 Å². The number of guanidine groups is 1. The molecule has 1 heterocycles. The first-order chi connectivity index (χ1) is 12.5. The van der Waals surface area contributed by atoms with Gasteiger partial charge in [0.15, 0.2) is 5.96 Å². The second kappa shape index (κ2) is 10.3. The molecule has 1 aromatic heterocycles. The summed E-state index contributed by atoms with van der Waals surface area (Å²) in [6.45, 7) is 4.26. The molecule has 0 aromatic carbocycles. The van der Waals surface area contributed by atoms with Gasteiger partial charge in [-0.2, -0.15) is 13.2 Å². The molecule has 1 rings (SSSR count). The zero-order chi connectivity index (χ0) is 20.5. The molecule has 1 aromatic rings. The Kier molecular flexibility index (Phi) is 8.80. The van der Waals surface area contributed by atoms with Crippen LogP contribution in [0.2, 0.25) is 0 Å². The molecule has 7 nitrogen and oxygen atoms in total. The van der Waals surface area contributed by atoms with E-state index in [1.54, 1.807) is 0 Å². The van der Waals surface area contributed by atoms with Crippen molar-refractivity contribution in [1.29, 1.82) is 0 Å². The van der Waals surface area contributed by atoms with Crippen LogP contribution in [0.5, 0.6) is 5.88 Å². The maximum absolute atomic E-state index is 12.9. The van der Waals surface area contributed by atoms with Crippen LogP contribution in [-0.2, 0) is 16.0 Å².